The van der Waals surface area contributed by atoms with E-state index in [0.29, 0.717) is 0 Å². The Morgan fingerprint density at radius 2 is 1.75 bits per heavy atom. The van der Waals surface area contributed by atoms with Gasteiger partial charge in [-0.1, -0.05) is 51.0 Å². The van der Waals surface area contributed by atoms with Gasteiger partial charge >= 0.3 is 0 Å². The van der Waals surface area contributed by atoms with Gasteiger partial charge in [0.1, 0.15) is 0 Å². The maximum Gasteiger partial charge on any atom is 0.0233 e. The Balaban J connectivity index is 1.88. The zero-order chi connectivity index (χ0) is 14.4. The maximum absolute atomic E-state index is 3.37. The summed E-state index contributed by atoms with van der Waals surface area (Å²) in [7, 11) is 2.29. The minimum absolute atomic E-state index is 0.769. The molecule has 2 nitrogen and oxygen atoms in total. The number of hydrogen-bond donors (Lipinski definition) is 1. The third kappa shape index (κ3) is 4.32. The Labute approximate surface area is 124 Å². The van der Waals surface area contributed by atoms with Crippen LogP contribution in [-0.4, -0.2) is 24.5 Å². The number of benzene rings is 1. The molecule has 1 aliphatic carbocycles. The Morgan fingerprint density at radius 1 is 1.10 bits per heavy atom. The van der Waals surface area contributed by atoms with E-state index in [4.69, 9.17) is 0 Å². The lowest BCUT2D eigenvalue weighted by molar-refractivity contribution is 0.133. The molecule has 0 radical (unpaired) electrons. The van der Waals surface area contributed by atoms with Gasteiger partial charge < -0.3 is 5.32 Å². The molecule has 0 aliphatic heterocycles. The third-order valence-corrected chi connectivity index (χ3v) is 4.67. The average Bonchev–Trinajstić information content (AvgIpc) is 2.47. The van der Waals surface area contributed by atoms with Crippen molar-refractivity contribution in [1.29, 1.82) is 0 Å². The highest BCUT2D eigenvalue weighted by Crippen LogP contribution is 2.28. The van der Waals surface area contributed by atoms with Crippen molar-refractivity contribution >= 4 is 0 Å². The van der Waals surface area contributed by atoms with E-state index in [9.17, 15) is 0 Å². The van der Waals surface area contributed by atoms with Crippen LogP contribution in [0.4, 0.5) is 0 Å². The highest BCUT2D eigenvalue weighted by Gasteiger charge is 2.24. The minimum Gasteiger partial charge on any atom is -0.313 e. The fraction of sp³-hybridized carbons (Fsp3) is 0.667. The molecule has 0 heterocycles. The molecular weight excluding hydrogens is 244 g/mol. The molecule has 1 aromatic carbocycles. The molecule has 0 amide bonds. The summed E-state index contributed by atoms with van der Waals surface area (Å²) in [5.41, 5.74) is 2.81. The molecule has 0 bridgehead atoms. The van der Waals surface area contributed by atoms with E-state index in [-0.39, 0.29) is 0 Å². The van der Waals surface area contributed by atoms with Crippen molar-refractivity contribution in [3.8, 4) is 0 Å². The fourth-order valence-electron chi connectivity index (χ4n) is 3.39. The van der Waals surface area contributed by atoms with Crippen molar-refractivity contribution in [2.24, 2.45) is 5.92 Å². The van der Waals surface area contributed by atoms with E-state index in [1.54, 1.807) is 0 Å². The molecule has 1 aromatic rings. The van der Waals surface area contributed by atoms with Crippen molar-refractivity contribution < 1.29 is 0 Å². The fourth-order valence-corrected chi connectivity index (χ4v) is 3.39. The van der Waals surface area contributed by atoms with Crippen molar-refractivity contribution in [3.05, 3.63) is 35.4 Å². The minimum atomic E-state index is 0.769. The molecular formula is C18H30N2. The average molecular weight is 274 g/mol. The van der Waals surface area contributed by atoms with Crippen molar-refractivity contribution in [1.82, 2.24) is 10.2 Å². The van der Waals surface area contributed by atoms with Crippen LogP contribution in [0.15, 0.2) is 24.3 Å². The highest BCUT2D eigenvalue weighted by molar-refractivity contribution is 5.22. The summed E-state index contributed by atoms with van der Waals surface area (Å²) in [5.74, 6) is 0.849. The lowest BCUT2D eigenvalue weighted by Gasteiger charge is -2.36. The quantitative estimate of drug-likeness (QED) is 0.848. The van der Waals surface area contributed by atoms with Crippen molar-refractivity contribution in [3.63, 3.8) is 0 Å². The molecule has 112 valence electrons. The molecule has 1 saturated carbocycles. The van der Waals surface area contributed by atoms with Crippen LogP contribution in [-0.2, 0) is 13.1 Å². The largest absolute Gasteiger partial charge is 0.313 e. The van der Waals surface area contributed by atoms with E-state index in [2.05, 4.69) is 55.4 Å². The van der Waals surface area contributed by atoms with Gasteiger partial charge in [-0.05, 0) is 43.5 Å². The summed E-state index contributed by atoms with van der Waals surface area (Å²) in [6.45, 7) is 7.65. The van der Waals surface area contributed by atoms with Crippen LogP contribution in [0, 0.1) is 5.92 Å². The molecule has 0 saturated heterocycles. The van der Waals surface area contributed by atoms with E-state index < -0.39 is 0 Å². The Kier molecular flexibility index (Phi) is 6.06. The predicted molar refractivity (Wildman–Crippen MR) is 86.7 cm³/mol. The van der Waals surface area contributed by atoms with E-state index in [1.165, 1.54) is 36.8 Å². The number of hydrogen-bond acceptors (Lipinski definition) is 2. The first-order valence-corrected chi connectivity index (χ1v) is 8.19. The molecule has 1 N–H and O–H groups in total. The molecule has 2 atom stereocenters. The summed E-state index contributed by atoms with van der Waals surface area (Å²) in [4.78, 5) is 2.56. The number of nitrogens with one attached hydrogen (secondary N) is 1. The standard InChI is InChI=1S/C18H30N2/c1-4-19-13-16-9-11-17(12-10-16)14-20(3)18-8-6-5-7-15(18)2/h9-12,15,18-19H,4-8,13-14H2,1-3H3. The van der Waals surface area contributed by atoms with E-state index in [0.717, 1.165) is 31.6 Å². The van der Waals surface area contributed by atoms with Crippen LogP contribution in [0.25, 0.3) is 0 Å². The Bertz CT molecular complexity index is 385. The predicted octanol–water partition coefficient (Wildman–Crippen LogP) is 3.81. The second-order valence-corrected chi connectivity index (χ2v) is 6.34. The van der Waals surface area contributed by atoms with Gasteiger partial charge in [-0.25, -0.2) is 0 Å². The van der Waals surface area contributed by atoms with Crippen LogP contribution in [0.5, 0.6) is 0 Å². The van der Waals surface area contributed by atoms with E-state index >= 15 is 0 Å². The van der Waals surface area contributed by atoms with Gasteiger partial charge in [-0.3, -0.25) is 4.90 Å². The Morgan fingerprint density at radius 3 is 2.40 bits per heavy atom. The molecule has 2 rings (SSSR count). The summed E-state index contributed by atoms with van der Waals surface area (Å²) in [6, 6.07) is 9.87. The van der Waals surface area contributed by atoms with Gasteiger partial charge in [0, 0.05) is 19.1 Å². The smallest absolute Gasteiger partial charge is 0.0233 e. The normalized spacial score (nSPS) is 23.2. The molecule has 0 aromatic heterocycles. The highest BCUT2D eigenvalue weighted by atomic mass is 15.1. The van der Waals surface area contributed by atoms with Gasteiger partial charge in [0.2, 0.25) is 0 Å². The SMILES string of the molecule is CCNCc1ccc(CN(C)C2CCCCC2C)cc1. The molecule has 2 unspecified atom stereocenters. The summed E-state index contributed by atoms with van der Waals surface area (Å²) in [5, 5.41) is 3.37. The van der Waals surface area contributed by atoms with Gasteiger partial charge in [0.05, 0.1) is 0 Å². The third-order valence-electron chi connectivity index (χ3n) is 4.67. The van der Waals surface area contributed by atoms with E-state index in [1.807, 2.05) is 0 Å². The molecule has 0 spiro atoms. The van der Waals surface area contributed by atoms with Gasteiger partial charge in [-0.2, -0.15) is 0 Å². The van der Waals surface area contributed by atoms with Gasteiger partial charge in [0.15, 0.2) is 0 Å². The molecule has 1 aliphatic rings. The summed E-state index contributed by atoms with van der Waals surface area (Å²) in [6.07, 6.45) is 5.60. The van der Waals surface area contributed by atoms with Crippen molar-refractivity contribution in [2.75, 3.05) is 13.6 Å². The van der Waals surface area contributed by atoms with Gasteiger partial charge in [-0.15, -0.1) is 0 Å². The molecule has 1 fully saturated rings. The topological polar surface area (TPSA) is 15.3 Å². The molecule has 2 heteroatoms. The monoisotopic (exact) mass is 274 g/mol. The summed E-state index contributed by atoms with van der Waals surface area (Å²) >= 11 is 0. The summed E-state index contributed by atoms with van der Waals surface area (Å²) < 4.78 is 0. The zero-order valence-electron chi connectivity index (χ0n) is 13.4. The first kappa shape index (κ1) is 15.5. The molecule has 20 heavy (non-hydrogen) atoms. The van der Waals surface area contributed by atoms with Gasteiger partial charge in [0.25, 0.3) is 0 Å². The first-order chi connectivity index (χ1) is 9.70. The van der Waals surface area contributed by atoms with Crippen molar-refractivity contribution in [2.45, 2.75) is 58.7 Å². The lowest BCUT2D eigenvalue weighted by atomic mass is 9.85. The zero-order valence-corrected chi connectivity index (χ0v) is 13.4. The number of nitrogens with zero attached hydrogens (tertiary/aromatic N) is 1. The second-order valence-electron chi connectivity index (χ2n) is 6.34. The van der Waals surface area contributed by atoms with Crippen LogP contribution >= 0.6 is 0 Å². The van der Waals surface area contributed by atoms with Crippen LogP contribution in [0.2, 0.25) is 0 Å². The maximum atomic E-state index is 3.37. The van der Waals surface area contributed by atoms with Crippen LogP contribution in [0.3, 0.4) is 0 Å². The Hall–Kier alpha value is -0.860. The first-order valence-electron chi connectivity index (χ1n) is 8.19. The lowest BCUT2D eigenvalue weighted by Crippen LogP contribution is -2.38. The van der Waals surface area contributed by atoms with Crippen LogP contribution in [0.1, 0.15) is 50.7 Å². The number of rotatable bonds is 6. The van der Waals surface area contributed by atoms with Crippen LogP contribution < -0.4 is 5.32 Å². The second kappa shape index (κ2) is 7.80.